The first-order valence-electron chi connectivity index (χ1n) is 5.58. The van der Waals surface area contributed by atoms with Crippen molar-refractivity contribution >= 4 is 35.1 Å². The van der Waals surface area contributed by atoms with Crippen molar-refractivity contribution < 1.29 is 0 Å². The molecule has 0 spiro atoms. The zero-order valence-corrected chi connectivity index (χ0v) is 12.1. The SMILES string of the molecule is CN(C)c1nc(N)nc(Cc2c(Cl)cccc2Cl)n1. The van der Waals surface area contributed by atoms with Crippen molar-refractivity contribution in [2.45, 2.75) is 6.42 Å². The Hall–Kier alpha value is -1.59. The summed E-state index contributed by atoms with van der Waals surface area (Å²) in [5.74, 6) is 1.22. The third-order valence-electron chi connectivity index (χ3n) is 2.48. The van der Waals surface area contributed by atoms with Crippen LogP contribution in [0.3, 0.4) is 0 Å². The molecule has 2 rings (SSSR count). The lowest BCUT2D eigenvalue weighted by Gasteiger charge is -2.12. The van der Waals surface area contributed by atoms with Crippen LogP contribution < -0.4 is 10.6 Å². The minimum atomic E-state index is 0.178. The smallest absolute Gasteiger partial charge is 0.229 e. The van der Waals surface area contributed by atoms with E-state index in [1.807, 2.05) is 14.1 Å². The molecule has 1 aromatic carbocycles. The Labute approximate surface area is 121 Å². The van der Waals surface area contributed by atoms with Crippen molar-refractivity contribution in [1.82, 2.24) is 15.0 Å². The van der Waals surface area contributed by atoms with Crippen molar-refractivity contribution in [1.29, 1.82) is 0 Å². The molecule has 0 bridgehead atoms. The Balaban J connectivity index is 2.38. The number of halogens is 2. The summed E-state index contributed by atoms with van der Waals surface area (Å²) in [5, 5.41) is 1.16. The second-order valence-corrected chi connectivity index (χ2v) is 5.00. The molecule has 0 saturated heterocycles. The fourth-order valence-electron chi connectivity index (χ4n) is 1.56. The Bertz CT molecular complexity index is 580. The van der Waals surface area contributed by atoms with Gasteiger partial charge in [0.1, 0.15) is 5.82 Å². The van der Waals surface area contributed by atoms with E-state index < -0.39 is 0 Å². The van der Waals surface area contributed by atoms with Crippen LogP contribution in [0.1, 0.15) is 11.4 Å². The normalized spacial score (nSPS) is 10.5. The maximum absolute atomic E-state index is 6.12. The molecule has 100 valence electrons. The van der Waals surface area contributed by atoms with Crippen LogP contribution in [-0.4, -0.2) is 29.0 Å². The predicted molar refractivity (Wildman–Crippen MR) is 77.8 cm³/mol. The minimum absolute atomic E-state index is 0.178. The number of hydrogen-bond acceptors (Lipinski definition) is 5. The molecule has 0 atom stereocenters. The lowest BCUT2D eigenvalue weighted by Crippen LogP contribution is -2.16. The Kier molecular flexibility index (Phi) is 4.07. The summed E-state index contributed by atoms with van der Waals surface area (Å²) in [7, 11) is 3.67. The monoisotopic (exact) mass is 297 g/mol. The molecule has 0 aliphatic carbocycles. The van der Waals surface area contributed by atoms with Crippen molar-refractivity contribution in [3.05, 3.63) is 39.6 Å². The molecule has 5 nitrogen and oxygen atoms in total. The number of nitrogens with two attached hydrogens (primary N) is 1. The molecule has 19 heavy (non-hydrogen) atoms. The van der Waals surface area contributed by atoms with Gasteiger partial charge in [-0.05, 0) is 17.7 Å². The van der Waals surface area contributed by atoms with Crippen LogP contribution in [0.4, 0.5) is 11.9 Å². The van der Waals surface area contributed by atoms with Gasteiger partial charge in [0.2, 0.25) is 11.9 Å². The number of aromatic nitrogens is 3. The van der Waals surface area contributed by atoms with Gasteiger partial charge in [0.25, 0.3) is 0 Å². The van der Waals surface area contributed by atoms with E-state index in [0.717, 1.165) is 5.56 Å². The fourth-order valence-corrected chi connectivity index (χ4v) is 2.09. The first-order chi connectivity index (χ1) is 8.97. The highest BCUT2D eigenvalue weighted by atomic mass is 35.5. The van der Waals surface area contributed by atoms with Gasteiger partial charge in [-0.1, -0.05) is 29.3 Å². The molecule has 1 aromatic heterocycles. The Morgan fingerprint density at radius 3 is 2.32 bits per heavy atom. The van der Waals surface area contributed by atoms with Crippen LogP contribution in [0.15, 0.2) is 18.2 Å². The molecule has 2 N–H and O–H groups in total. The first kappa shape index (κ1) is 13.8. The number of nitrogens with zero attached hydrogens (tertiary/aromatic N) is 4. The summed E-state index contributed by atoms with van der Waals surface area (Å²) in [6.07, 6.45) is 0.409. The predicted octanol–water partition coefficient (Wildman–Crippen LogP) is 2.42. The average molecular weight is 298 g/mol. The van der Waals surface area contributed by atoms with E-state index >= 15 is 0 Å². The van der Waals surface area contributed by atoms with E-state index in [-0.39, 0.29) is 5.95 Å². The van der Waals surface area contributed by atoms with Crippen LogP contribution in [-0.2, 0) is 6.42 Å². The van der Waals surface area contributed by atoms with Crippen molar-refractivity contribution in [2.24, 2.45) is 0 Å². The maximum atomic E-state index is 6.12. The van der Waals surface area contributed by atoms with E-state index in [1.165, 1.54) is 0 Å². The number of hydrogen-bond donors (Lipinski definition) is 1. The molecule has 0 unspecified atom stereocenters. The molecule has 0 saturated carbocycles. The van der Waals surface area contributed by atoms with Crippen molar-refractivity contribution in [3.8, 4) is 0 Å². The summed E-state index contributed by atoms with van der Waals surface area (Å²) < 4.78 is 0. The molecule has 0 fully saturated rings. The van der Waals surface area contributed by atoms with Gasteiger partial charge in [0.05, 0.1) is 0 Å². The second kappa shape index (κ2) is 5.59. The Morgan fingerprint density at radius 1 is 1.11 bits per heavy atom. The largest absolute Gasteiger partial charge is 0.368 e. The molecule has 0 radical (unpaired) electrons. The molecule has 1 heterocycles. The maximum Gasteiger partial charge on any atom is 0.229 e. The molecule has 0 aliphatic rings. The number of anilines is 2. The van der Waals surface area contributed by atoms with E-state index in [1.54, 1.807) is 23.1 Å². The molecule has 0 aliphatic heterocycles. The van der Waals surface area contributed by atoms with Crippen LogP contribution in [0, 0.1) is 0 Å². The molecular weight excluding hydrogens is 285 g/mol. The van der Waals surface area contributed by atoms with Gasteiger partial charge in [-0.15, -0.1) is 0 Å². The van der Waals surface area contributed by atoms with Gasteiger partial charge in [-0.25, -0.2) is 0 Å². The van der Waals surface area contributed by atoms with Crippen LogP contribution in [0.25, 0.3) is 0 Å². The quantitative estimate of drug-likeness (QED) is 0.942. The summed E-state index contributed by atoms with van der Waals surface area (Å²) in [6.45, 7) is 0. The molecule has 0 amide bonds. The summed E-state index contributed by atoms with van der Waals surface area (Å²) in [6, 6.07) is 5.35. The van der Waals surface area contributed by atoms with E-state index in [9.17, 15) is 0 Å². The third-order valence-corrected chi connectivity index (χ3v) is 3.19. The lowest BCUT2D eigenvalue weighted by molar-refractivity contribution is 0.892. The van der Waals surface area contributed by atoms with Gasteiger partial charge in [-0.3, -0.25) is 0 Å². The lowest BCUT2D eigenvalue weighted by atomic mass is 10.1. The van der Waals surface area contributed by atoms with E-state index in [4.69, 9.17) is 28.9 Å². The van der Waals surface area contributed by atoms with Gasteiger partial charge >= 0.3 is 0 Å². The minimum Gasteiger partial charge on any atom is -0.368 e. The van der Waals surface area contributed by atoms with E-state index in [2.05, 4.69) is 15.0 Å². The van der Waals surface area contributed by atoms with Crippen LogP contribution in [0.2, 0.25) is 10.0 Å². The number of rotatable bonds is 3. The first-order valence-corrected chi connectivity index (χ1v) is 6.33. The van der Waals surface area contributed by atoms with E-state index in [0.29, 0.717) is 28.2 Å². The summed E-state index contributed by atoms with van der Waals surface area (Å²) in [4.78, 5) is 14.2. The highest BCUT2D eigenvalue weighted by Gasteiger charge is 2.11. The molecular formula is C12H13Cl2N5. The second-order valence-electron chi connectivity index (χ2n) is 4.18. The summed E-state index contributed by atoms with van der Waals surface area (Å²) in [5.41, 5.74) is 6.45. The highest BCUT2D eigenvalue weighted by molar-refractivity contribution is 6.36. The summed E-state index contributed by atoms with van der Waals surface area (Å²) >= 11 is 12.2. The Morgan fingerprint density at radius 2 is 1.74 bits per heavy atom. The highest BCUT2D eigenvalue weighted by Crippen LogP contribution is 2.26. The number of benzene rings is 1. The molecule has 2 aromatic rings. The zero-order chi connectivity index (χ0) is 14.0. The van der Waals surface area contributed by atoms with Gasteiger partial charge in [0.15, 0.2) is 0 Å². The van der Waals surface area contributed by atoms with Gasteiger partial charge < -0.3 is 10.6 Å². The topological polar surface area (TPSA) is 67.9 Å². The zero-order valence-electron chi connectivity index (χ0n) is 10.6. The average Bonchev–Trinajstić information content (AvgIpc) is 2.33. The molecule has 7 heteroatoms. The fraction of sp³-hybridized carbons (Fsp3) is 0.250. The van der Waals surface area contributed by atoms with Crippen LogP contribution in [0.5, 0.6) is 0 Å². The van der Waals surface area contributed by atoms with Crippen LogP contribution >= 0.6 is 23.2 Å². The number of nitrogen functional groups attached to an aromatic ring is 1. The van der Waals surface area contributed by atoms with Crippen molar-refractivity contribution in [3.63, 3.8) is 0 Å². The van der Waals surface area contributed by atoms with Gasteiger partial charge in [-0.2, -0.15) is 15.0 Å². The van der Waals surface area contributed by atoms with Crippen molar-refractivity contribution in [2.75, 3.05) is 24.7 Å². The third kappa shape index (κ3) is 3.24. The standard InChI is InChI=1S/C12H13Cl2N5/c1-19(2)12-17-10(16-11(15)18-12)6-7-8(13)4-3-5-9(7)14/h3-5H,6H2,1-2H3,(H2,15,16,17,18). The van der Waals surface area contributed by atoms with Gasteiger partial charge in [0, 0.05) is 30.6 Å².